The number of hydrogen-bond donors (Lipinski definition) is 1. The summed E-state index contributed by atoms with van der Waals surface area (Å²) in [7, 11) is 1.61. The number of aryl methyl sites for hydroxylation is 1. The summed E-state index contributed by atoms with van der Waals surface area (Å²) in [5.41, 5.74) is 1.69. The van der Waals surface area contributed by atoms with Crippen molar-refractivity contribution in [3.63, 3.8) is 0 Å². The Labute approximate surface area is 103 Å². The number of nitrogens with zero attached hydrogens (tertiary/aromatic N) is 1. The first-order valence-electron chi connectivity index (χ1n) is 4.97. The number of hydrogen-bond acceptors (Lipinski definition) is 4. The first-order chi connectivity index (χ1) is 8.11. The van der Waals surface area contributed by atoms with E-state index in [4.69, 9.17) is 9.84 Å². The molecule has 0 unspecified atom stereocenters. The molecule has 1 N–H and O–H groups in total. The van der Waals surface area contributed by atoms with Gasteiger partial charge in [-0.3, -0.25) is 0 Å². The highest BCUT2D eigenvalue weighted by atomic mass is 32.1. The van der Waals surface area contributed by atoms with Gasteiger partial charge in [0, 0.05) is 0 Å². The van der Waals surface area contributed by atoms with Crippen LogP contribution in [0.3, 0.4) is 0 Å². The van der Waals surface area contributed by atoms with Crippen LogP contribution in [-0.4, -0.2) is 23.2 Å². The van der Waals surface area contributed by atoms with Gasteiger partial charge in [-0.05, 0) is 36.8 Å². The lowest BCUT2D eigenvalue weighted by Gasteiger charge is -2.01. The third-order valence-electron chi connectivity index (χ3n) is 2.33. The maximum absolute atomic E-state index is 10.8. The summed E-state index contributed by atoms with van der Waals surface area (Å²) in [5, 5.41) is 9.00. The molecule has 0 atom stereocenters. The van der Waals surface area contributed by atoms with Gasteiger partial charge in [-0.15, -0.1) is 11.3 Å². The average molecular weight is 249 g/mol. The van der Waals surface area contributed by atoms with Gasteiger partial charge in [-0.2, -0.15) is 0 Å². The Kier molecular flexibility index (Phi) is 3.10. The molecule has 0 fully saturated rings. The van der Waals surface area contributed by atoms with Crippen molar-refractivity contribution >= 4 is 17.3 Å². The quantitative estimate of drug-likeness (QED) is 0.908. The fourth-order valence-corrected chi connectivity index (χ4v) is 2.41. The Hall–Kier alpha value is -1.88. The molecular formula is C12H11NO3S. The number of thiazole rings is 1. The van der Waals surface area contributed by atoms with Crippen LogP contribution in [0.15, 0.2) is 24.3 Å². The van der Waals surface area contributed by atoms with Gasteiger partial charge in [0.2, 0.25) is 5.01 Å². The Morgan fingerprint density at radius 1 is 1.35 bits per heavy atom. The van der Waals surface area contributed by atoms with Crippen molar-refractivity contribution in [2.45, 2.75) is 6.92 Å². The molecule has 0 saturated carbocycles. The normalized spacial score (nSPS) is 10.2. The number of benzene rings is 1. The number of methoxy groups -OCH3 is 1. The van der Waals surface area contributed by atoms with Gasteiger partial charge in [-0.1, -0.05) is 0 Å². The van der Waals surface area contributed by atoms with E-state index in [9.17, 15) is 4.79 Å². The Morgan fingerprint density at radius 3 is 2.47 bits per heavy atom. The summed E-state index contributed by atoms with van der Waals surface area (Å²) in [6.45, 7) is 1.81. The number of ether oxygens (including phenoxy) is 1. The molecule has 4 nitrogen and oxygen atoms in total. The van der Waals surface area contributed by atoms with Crippen LogP contribution in [0.2, 0.25) is 0 Å². The molecule has 0 aliphatic heterocycles. The van der Waals surface area contributed by atoms with Crippen molar-refractivity contribution < 1.29 is 14.6 Å². The number of carboxylic acids is 1. The standard InChI is InChI=1S/C12H11NO3S/c1-7-10(17-11(13-7)12(14)15)8-3-5-9(16-2)6-4-8/h3-6H,1-2H3,(H,14,15). The Bertz CT molecular complexity index is 545. The molecule has 0 bridgehead atoms. The molecule has 17 heavy (non-hydrogen) atoms. The van der Waals surface area contributed by atoms with Gasteiger partial charge in [0.15, 0.2) is 0 Å². The molecule has 0 spiro atoms. The zero-order chi connectivity index (χ0) is 12.4. The molecule has 1 aromatic carbocycles. The zero-order valence-electron chi connectivity index (χ0n) is 9.43. The molecule has 2 rings (SSSR count). The average Bonchev–Trinajstić information content (AvgIpc) is 2.72. The number of aromatic nitrogens is 1. The molecule has 1 aromatic heterocycles. The maximum Gasteiger partial charge on any atom is 0.365 e. The Morgan fingerprint density at radius 2 is 2.00 bits per heavy atom. The summed E-state index contributed by atoms with van der Waals surface area (Å²) in [5.74, 6) is -0.216. The number of aromatic carboxylic acids is 1. The lowest BCUT2D eigenvalue weighted by molar-refractivity contribution is 0.0696. The van der Waals surface area contributed by atoms with Crippen molar-refractivity contribution in [1.82, 2.24) is 4.98 Å². The fraction of sp³-hybridized carbons (Fsp3) is 0.167. The first kappa shape index (κ1) is 11.6. The van der Waals surface area contributed by atoms with Gasteiger partial charge >= 0.3 is 5.97 Å². The molecule has 0 aliphatic carbocycles. The lowest BCUT2D eigenvalue weighted by Crippen LogP contribution is -1.93. The van der Waals surface area contributed by atoms with E-state index in [-0.39, 0.29) is 5.01 Å². The van der Waals surface area contributed by atoms with E-state index in [0.717, 1.165) is 21.9 Å². The van der Waals surface area contributed by atoms with Crippen LogP contribution in [-0.2, 0) is 0 Å². The molecule has 88 valence electrons. The molecule has 2 aromatic rings. The van der Waals surface area contributed by atoms with Crippen molar-refractivity contribution in [3.05, 3.63) is 35.0 Å². The van der Waals surface area contributed by atoms with Crippen LogP contribution in [0.25, 0.3) is 10.4 Å². The topological polar surface area (TPSA) is 59.4 Å². The monoisotopic (exact) mass is 249 g/mol. The van der Waals surface area contributed by atoms with Crippen LogP contribution in [0.1, 0.15) is 15.5 Å². The summed E-state index contributed by atoms with van der Waals surface area (Å²) in [6.07, 6.45) is 0. The molecule has 0 amide bonds. The molecule has 0 radical (unpaired) electrons. The van der Waals surface area contributed by atoms with E-state index in [0.29, 0.717) is 0 Å². The van der Waals surface area contributed by atoms with Crippen molar-refractivity contribution in [2.75, 3.05) is 7.11 Å². The second-order valence-corrected chi connectivity index (χ2v) is 4.47. The number of rotatable bonds is 3. The molecule has 5 heteroatoms. The van der Waals surface area contributed by atoms with Crippen molar-refractivity contribution in [2.24, 2.45) is 0 Å². The highest BCUT2D eigenvalue weighted by Crippen LogP contribution is 2.31. The summed E-state index contributed by atoms with van der Waals surface area (Å²) in [4.78, 5) is 15.7. The predicted molar refractivity (Wildman–Crippen MR) is 65.8 cm³/mol. The second kappa shape index (κ2) is 4.55. The van der Waals surface area contributed by atoms with Gasteiger partial charge in [-0.25, -0.2) is 9.78 Å². The van der Waals surface area contributed by atoms with Crippen LogP contribution < -0.4 is 4.74 Å². The largest absolute Gasteiger partial charge is 0.497 e. The SMILES string of the molecule is COc1ccc(-c2sc(C(=O)O)nc2C)cc1. The minimum absolute atomic E-state index is 0.119. The van der Waals surface area contributed by atoms with Gasteiger partial charge in [0.1, 0.15) is 5.75 Å². The Balaban J connectivity index is 2.41. The van der Waals surface area contributed by atoms with Crippen LogP contribution in [0.5, 0.6) is 5.75 Å². The summed E-state index contributed by atoms with van der Waals surface area (Å²) < 4.78 is 5.07. The molecule has 0 aliphatic rings. The van der Waals surface area contributed by atoms with Crippen LogP contribution >= 0.6 is 11.3 Å². The minimum Gasteiger partial charge on any atom is -0.497 e. The van der Waals surface area contributed by atoms with Gasteiger partial charge in [0.05, 0.1) is 17.7 Å². The molecule has 1 heterocycles. The van der Waals surface area contributed by atoms with Gasteiger partial charge < -0.3 is 9.84 Å². The zero-order valence-corrected chi connectivity index (χ0v) is 10.2. The van der Waals surface area contributed by atoms with E-state index in [1.807, 2.05) is 31.2 Å². The second-order valence-electron chi connectivity index (χ2n) is 3.47. The maximum atomic E-state index is 10.8. The molecular weight excluding hydrogens is 238 g/mol. The minimum atomic E-state index is -0.988. The highest BCUT2D eigenvalue weighted by molar-refractivity contribution is 7.17. The summed E-state index contributed by atoms with van der Waals surface area (Å²) >= 11 is 1.18. The van der Waals surface area contributed by atoms with Crippen LogP contribution in [0.4, 0.5) is 0 Å². The third kappa shape index (κ3) is 2.29. The number of carbonyl (C=O) groups is 1. The first-order valence-corrected chi connectivity index (χ1v) is 5.78. The highest BCUT2D eigenvalue weighted by Gasteiger charge is 2.14. The van der Waals surface area contributed by atoms with Crippen molar-refractivity contribution in [1.29, 1.82) is 0 Å². The van der Waals surface area contributed by atoms with E-state index in [2.05, 4.69) is 4.98 Å². The smallest absolute Gasteiger partial charge is 0.365 e. The van der Waals surface area contributed by atoms with E-state index >= 15 is 0 Å². The third-order valence-corrected chi connectivity index (χ3v) is 3.53. The van der Waals surface area contributed by atoms with Gasteiger partial charge in [0.25, 0.3) is 0 Å². The molecule has 0 saturated heterocycles. The lowest BCUT2D eigenvalue weighted by atomic mass is 10.1. The van der Waals surface area contributed by atoms with E-state index < -0.39 is 5.97 Å². The van der Waals surface area contributed by atoms with E-state index in [1.54, 1.807) is 7.11 Å². The van der Waals surface area contributed by atoms with Crippen molar-refractivity contribution in [3.8, 4) is 16.2 Å². The van der Waals surface area contributed by atoms with Crippen LogP contribution in [0, 0.1) is 6.92 Å². The summed E-state index contributed by atoms with van der Waals surface area (Å²) in [6, 6.07) is 7.47. The van der Waals surface area contributed by atoms with E-state index in [1.165, 1.54) is 11.3 Å². The fourth-order valence-electron chi connectivity index (χ4n) is 1.50. The number of carboxylic acid groups (broad SMARTS) is 1. The predicted octanol–water partition coefficient (Wildman–Crippen LogP) is 2.83.